The fourth-order valence-electron chi connectivity index (χ4n) is 4.02. The van der Waals surface area contributed by atoms with Crippen LogP contribution >= 0.6 is 0 Å². The molecule has 1 aliphatic rings. The molecule has 5 nitrogen and oxygen atoms in total. The molecule has 4 rings (SSSR count). The predicted octanol–water partition coefficient (Wildman–Crippen LogP) is 4.03. The number of aryl methyl sites for hydroxylation is 1. The van der Waals surface area contributed by atoms with Crippen LogP contribution in [-0.2, 0) is 11.2 Å². The van der Waals surface area contributed by atoms with Gasteiger partial charge in [-0.2, -0.15) is 0 Å². The zero-order valence-corrected chi connectivity index (χ0v) is 17.4. The van der Waals surface area contributed by atoms with Crippen LogP contribution in [0.5, 0.6) is 0 Å². The van der Waals surface area contributed by atoms with Gasteiger partial charge >= 0.3 is 0 Å². The lowest BCUT2D eigenvalue weighted by atomic mass is 9.97. The van der Waals surface area contributed by atoms with Crippen molar-refractivity contribution in [2.75, 3.05) is 24.5 Å². The van der Waals surface area contributed by atoms with E-state index in [9.17, 15) is 4.79 Å². The lowest BCUT2D eigenvalue weighted by Crippen LogP contribution is -2.43. The van der Waals surface area contributed by atoms with Gasteiger partial charge in [-0.3, -0.25) is 4.79 Å². The van der Waals surface area contributed by atoms with Crippen LogP contribution in [0.25, 0.3) is 11.3 Å². The minimum atomic E-state index is -0.00707. The minimum Gasteiger partial charge on any atom is -0.355 e. The van der Waals surface area contributed by atoms with Gasteiger partial charge in [0.05, 0.1) is 11.6 Å². The number of carbonyl (C=O) groups is 1. The van der Waals surface area contributed by atoms with Crippen LogP contribution in [0.2, 0.25) is 0 Å². The van der Waals surface area contributed by atoms with Gasteiger partial charge < -0.3 is 10.2 Å². The van der Waals surface area contributed by atoms with Crippen LogP contribution in [0.15, 0.2) is 66.7 Å². The minimum absolute atomic E-state index is 0.00707. The number of nitrogens with one attached hydrogen (secondary N) is 1. The first-order valence-corrected chi connectivity index (χ1v) is 10.7. The zero-order valence-electron chi connectivity index (χ0n) is 17.4. The number of anilines is 1. The third-order valence-corrected chi connectivity index (χ3v) is 5.74. The highest BCUT2D eigenvalue weighted by Gasteiger charge is 2.26. The summed E-state index contributed by atoms with van der Waals surface area (Å²) in [6.45, 7) is 4.35. The second-order valence-corrected chi connectivity index (χ2v) is 7.90. The van der Waals surface area contributed by atoms with Crippen molar-refractivity contribution in [2.45, 2.75) is 26.2 Å². The van der Waals surface area contributed by atoms with Crippen molar-refractivity contribution in [2.24, 2.45) is 5.92 Å². The molecule has 1 unspecified atom stereocenters. The fourth-order valence-corrected chi connectivity index (χ4v) is 4.02. The first kappa shape index (κ1) is 20.1. The largest absolute Gasteiger partial charge is 0.355 e. The molecule has 3 aromatic rings. The maximum absolute atomic E-state index is 12.7. The molecule has 0 radical (unpaired) electrons. The quantitative estimate of drug-likeness (QED) is 0.679. The Morgan fingerprint density at radius 1 is 1.03 bits per heavy atom. The van der Waals surface area contributed by atoms with Gasteiger partial charge in [-0.05, 0) is 49.4 Å². The number of aromatic nitrogens is 2. The monoisotopic (exact) mass is 400 g/mol. The zero-order chi connectivity index (χ0) is 20.8. The summed E-state index contributed by atoms with van der Waals surface area (Å²) in [5.74, 6) is 0.974. The number of rotatable bonds is 6. The van der Waals surface area contributed by atoms with E-state index in [-0.39, 0.29) is 11.8 Å². The summed E-state index contributed by atoms with van der Waals surface area (Å²) in [5, 5.41) is 12.0. The van der Waals surface area contributed by atoms with E-state index in [0.29, 0.717) is 13.1 Å². The van der Waals surface area contributed by atoms with Crippen LogP contribution in [0.4, 0.5) is 5.82 Å². The van der Waals surface area contributed by atoms with Gasteiger partial charge in [-0.25, -0.2) is 0 Å². The summed E-state index contributed by atoms with van der Waals surface area (Å²) >= 11 is 0. The topological polar surface area (TPSA) is 58.1 Å². The van der Waals surface area contributed by atoms with Crippen molar-refractivity contribution >= 4 is 11.7 Å². The molecule has 30 heavy (non-hydrogen) atoms. The Labute approximate surface area is 178 Å². The third-order valence-electron chi connectivity index (χ3n) is 5.74. The SMILES string of the molecule is Cc1ccccc1-c1ccc(N2CCCC(C(=O)NCCc3ccccc3)C2)nn1. The maximum atomic E-state index is 12.7. The van der Waals surface area contributed by atoms with Crippen molar-refractivity contribution in [1.82, 2.24) is 15.5 Å². The highest BCUT2D eigenvalue weighted by atomic mass is 16.1. The predicted molar refractivity (Wildman–Crippen MR) is 120 cm³/mol. The van der Waals surface area contributed by atoms with Gasteiger partial charge in [0.1, 0.15) is 0 Å². The molecule has 1 N–H and O–H groups in total. The smallest absolute Gasteiger partial charge is 0.224 e. The summed E-state index contributed by atoms with van der Waals surface area (Å²) < 4.78 is 0. The lowest BCUT2D eigenvalue weighted by Gasteiger charge is -2.32. The van der Waals surface area contributed by atoms with Crippen molar-refractivity contribution in [1.29, 1.82) is 0 Å². The van der Waals surface area contributed by atoms with E-state index in [1.54, 1.807) is 0 Å². The number of nitrogens with zero attached hydrogens (tertiary/aromatic N) is 3. The van der Waals surface area contributed by atoms with Crippen LogP contribution in [0.1, 0.15) is 24.0 Å². The van der Waals surface area contributed by atoms with Crippen molar-refractivity contribution in [3.8, 4) is 11.3 Å². The molecule has 2 heterocycles. The van der Waals surface area contributed by atoms with Gasteiger partial charge in [0.25, 0.3) is 0 Å². The van der Waals surface area contributed by atoms with Crippen molar-refractivity contribution in [3.63, 3.8) is 0 Å². The Morgan fingerprint density at radius 3 is 2.60 bits per heavy atom. The molecule has 0 bridgehead atoms. The van der Waals surface area contributed by atoms with E-state index >= 15 is 0 Å². The molecule has 1 aromatic heterocycles. The molecule has 1 atom stereocenters. The first-order valence-electron chi connectivity index (χ1n) is 10.7. The number of piperidine rings is 1. The number of hydrogen-bond acceptors (Lipinski definition) is 4. The molecule has 0 spiro atoms. The van der Waals surface area contributed by atoms with Crippen LogP contribution in [0.3, 0.4) is 0 Å². The highest BCUT2D eigenvalue weighted by molar-refractivity contribution is 5.79. The molecule has 1 amide bonds. The Balaban J connectivity index is 1.34. The molecule has 154 valence electrons. The lowest BCUT2D eigenvalue weighted by molar-refractivity contribution is -0.125. The Hall–Kier alpha value is -3.21. The normalized spacial score (nSPS) is 16.3. The Bertz CT molecular complexity index is 972. The molecule has 1 aliphatic heterocycles. The van der Waals surface area contributed by atoms with E-state index in [2.05, 4.69) is 51.6 Å². The highest BCUT2D eigenvalue weighted by Crippen LogP contribution is 2.24. The standard InChI is InChI=1S/C25H28N4O/c1-19-8-5-6-12-22(19)23-13-14-24(28-27-23)29-17-7-11-21(18-29)25(30)26-16-15-20-9-3-2-4-10-20/h2-6,8-10,12-14,21H,7,11,15-18H2,1H3,(H,26,30). The Morgan fingerprint density at radius 2 is 1.83 bits per heavy atom. The van der Waals surface area contributed by atoms with E-state index in [4.69, 9.17) is 0 Å². The van der Waals surface area contributed by atoms with Gasteiger partial charge in [0, 0.05) is 25.2 Å². The molecule has 5 heteroatoms. The summed E-state index contributed by atoms with van der Waals surface area (Å²) in [7, 11) is 0. The molecular weight excluding hydrogens is 372 g/mol. The third kappa shape index (κ3) is 4.85. The average Bonchev–Trinajstić information content (AvgIpc) is 2.80. The van der Waals surface area contributed by atoms with Crippen molar-refractivity contribution < 1.29 is 4.79 Å². The van der Waals surface area contributed by atoms with Gasteiger partial charge in [0.2, 0.25) is 5.91 Å². The molecular formula is C25H28N4O. The summed E-state index contributed by atoms with van der Waals surface area (Å²) in [5.41, 5.74) is 4.41. The average molecular weight is 401 g/mol. The molecule has 0 aliphatic carbocycles. The van der Waals surface area contributed by atoms with Gasteiger partial charge in [-0.1, -0.05) is 54.6 Å². The molecule has 1 saturated heterocycles. The van der Waals surface area contributed by atoms with Crippen LogP contribution in [0, 0.1) is 12.8 Å². The maximum Gasteiger partial charge on any atom is 0.224 e. The number of carbonyl (C=O) groups excluding carboxylic acids is 1. The van der Waals surface area contributed by atoms with Crippen molar-refractivity contribution in [3.05, 3.63) is 77.9 Å². The number of hydrogen-bond donors (Lipinski definition) is 1. The number of benzene rings is 2. The first-order chi connectivity index (χ1) is 14.7. The van der Waals surface area contributed by atoms with Crippen LogP contribution < -0.4 is 10.2 Å². The second kappa shape index (κ2) is 9.53. The van der Waals surface area contributed by atoms with E-state index < -0.39 is 0 Å². The van der Waals surface area contributed by atoms with Gasteiger partial charge in [-0.15, -0.1) is 10.2 Å². The molecule has 2 aromatic carbocycles. The van der Waals surface area contributed by atoms with Gasteiger partial charge in [0.15, 0.2) is 5.82 Å². The number of amides is 1. The van der Waals surface area contributed by atoms with E-state index in [1.807, 2.05) is 42.5 Å². The van der Waals surface area contributed by atoms with E-state index in [0.717, 1.165) is 42.9 Å². The summed E-state index contributed by atoms with van der Waals surface area (Å²) in [4.78, 5) is 14.8. The fraction of sp³-hybridized carbons (Fsp3) is 0.320. The molecule has 1 fully saturated rings. The Kier molecular flexibility index (Phi) is 6.38. The van der Waals surface area contributed by atoms with E-state index in [1.165, 1.54) is 11.1 Å². The summed E-state index contributed by atoms with van der Waals surface area (Å²) in [6.07, 6.45) is 2.76. The summed E-state index contributed by atoms with van der Waals surface area (Å²) in [6, 6.07) is 22.5. The second-order valence-electron chi connectivity index (χ2n) is 7.90. The van der Waals surface area contributed by atoms with Crippen LogP contribution in [-0.4, -0.2) is 35.7 Å². The molecule has 0 saturated carbocycles.